The number of hydrogen-bond donors (Lipinski definition) is 1. The highest BCUT2D eigenvalue weighted by atomic mass is 35.5. The third kappa shape index (κ3) is 2.05. The molecule has 1 unspecified atom stereocenters. The van der Waals surface area contributed by atoms with E-state index in [1.807, 2.05) is 0 Å². The van der Waals surface area contributed by atoms with Crippen LogP contribution in [0.25, 0.3) is 5.69 Å². The fourth-order valence-electron chi connectivity index (χ4n) is 1.25. The lowest BCUT2D eigenvalue weighted by molar-refractivity contribution is 0.194. The molecule has 84 valence electrons. The van der Waals surface area contributed by atoms with Crippen LogP contribution in [0.2, 0.25) is 5.02 Å². The highest BCUT2D eigenvalue weighted by Gasteiger charge is 2.10. The molecule has 0 amide bonds. The quantitative estimate of drug-likeness (QED) is 0.876. The number of hydrogen-bond acceptors (Lipinski definition) is 3. The van der Waals surface area contributed by atoms with Gasteiger partial charge in [0.05, 0.1) is 12.3 Å². The number of halogens is 2. The van der Waals surface area contributed by atoms with Gasteiger partial charge in [-0.3, -0.25) is 0 Å². The molecule has 1 aromatic carbocycles. The largest absolute Gasteiger partial charge is 0.387 e. The van der Waals surface area contributed by atoms with Crippen LogP contribution in [-0.2, 0) is 0 Å². The van der Waals surface area contributed by atoms with Gasteiger partial charge in [-0.2, -0.15) is 0 Å². The van der Waals surface area contributed by atoms with E-state index >= 15 is 0 Å². The Morgan fingerprint density at radius 1 is 1.50 bits per heavy atom. The molecule has 2 aromatic rings. The van der Waals surface area contributed by atoms with Crippen LogP contribution in [0.5, 0.6) is 0 Å². The second-order valence-corrected chi connectivity index (χ2v) is 3.80. The van der Waals surface area contributed by atoms with Gasteiger partial charge in [-0.25, -0.2) is 9.07 Å². The Morgan fingerprint density at radius 2 is 2.25 bits per heavy atom. The molecule has 1 atom stereocenters. The monoisotopic (exact) mass is 241 g/mol. The van der Waals surface area contributed by atoms with E-state index in [0.29, 0.717) is 10.7 Å². The highest BCUT2D eigenvalue weighted by Crippen LogP contribution is 2.18. The van der Waals surface area contributed by atoms with E-state index in [4.69, 9.17) is 11.6 Å². The number of rotatable bonds is 2. The molecule has 1 aromatic heterocycles. The van der Waals surface area contributed by atoms with Crippen molar-refractivity contribution in [2.24, 2.45) is 0 Å². The second-order valence-electron chi connectivity index (χ2n) is 3.36. The summed E-state index contributed by atoms with van der Waals surface area (Å²) >= 11 is 5.63. The van der Waals surface area contributed by atoms with Gasteiger partial charge < -0.3 is 5.11 Å². The average molecular weight is 242 g/mol. The summed E-state index contributed by atoms with van der Waals surface area (Å²) < 4.78 is 14.8. The van der Waals surface area contributed by atoms with Crippen molar-refractivity contribution in [1.29, 1.82) is 0 Å². The fraction of sp³-hybridized carbons (Fsp3) is 0.200. The second kappa shape index (κ2) is 4.19. The van der Waals surface area contributed by atoms with E-state index in [2.05, 4.69) is 10.3 Å². The molecule has 0 aliphatic heterocycles. The molecule has 0 radical (unpaired) electrons. The molecule has 1 heterocycles. The van der Waals surface area contributed by atoms with Gasteiger partial charge in [0.2, 0.25) is 0 Å². The summed E-state index contributed by atoms with van der Waals surface area (Å²) in [6.07, 6.45) is 0.737. The molecule has 16 heavy (non-hydrogen) atoms. The average Bonchev–Trinajstić information content (AvgIpc) is 2.66. The number of aromatic nitrogens is 3. The lowest BCUT2D eigenvalue weighted by Crippen LogP contribution is -1.98. The minimum atomic E-state index is -0.732. The van der Waals surface area contributed by atoms with E-state index in [-0.39, 0.29) is 5.69 Å². The summed E-state index contributed by atoms with van der Waals surface area (Å²) in [5, 5.41) is 17.0. The van der Waals surface area contributed by atoms with E-state index in [9.17, 15) is 9.50 Å². The van der Waals surface area contributed by atoms with Crippen LogP contribution in [0.15, 0.2) is 24.4 Å². The molecule has 0 saturated heterocycles. The lowest BCUT2D eigenvalue weighted by atomic mass is 10.3. The van der Waals surface area contributed by atoms with Crippen LogP contribution in [-0.4, -0.2) is 20.1 Å². The third-order valence-corrected chi connectivity index (χ3v) is 2.33. The maximum absolute atomic E-state index is 13.5. The number of nitrogens with zero attached hydrogens (tertiary/aromatic N) is 3. The molecule has 0 aliphatic rings. The van der Waals surface area contributed by atoms with Crippen LogP contribution in [0, 0.1) is 5.82 Å². The van der Waals surface area contributed by atoms with Gasteiger partial charge in [0, 0.05) is 5.02 Å². The fourth-order valence-corrected chi connectivity index (χ4v) is 1.41. The Morgan fingerprint density at radius 3 is 2.81 bits per heavy atom. The van der Waals surface area contributed by atoms with Crippen LogP contribution < -0.4 is 0 Å². The summed E-state index contributed by atoms with van der Waals surface area (Å²) in [7, 11) is 0. The van der Waals surface area contributed by atoms with Gasteiger partial charge in [0.25, 0.3) is 0 Å². The molecule has 0 saturated carbocycles. The molecule has 0 fully saturated rings. The molecule has 0 spiro atoms. The minimum absolute atomic E-state index is 0.240. The molecule has 2 rings (SSSR count). The molecule has 1 N–H and O–H groups in total. The van der Waals surface area contributed by atoms with Crippen LogP contribution in [0.1, 0.15) is 18.7 Å². The van der Waals surface area contributed by atoms with Gasteiger partial charge in [0.1, 0.15) is 17.2 Å². The van der Waals surface area contributed by atoms with E-state index in [0.717, 1.165) is 0 Å². The van der Waals surface area contributed by atoms with Crippen molar-refractivity contribution >= 4 is 11.6 Å². The number of aliphatic hydroxyl groups excluding tert-OH is 1. The predicted octanol–water partition coefficient (Wildman–Crippen LogP) is 2.11. The van der Waals surface area contributed by atoms with Gasteiger partial charge in [-0.15, -0.1) is 5.10 Å². The smallest absolute Gasteiger partial charge is 0.150 e. The Hall–Kier alpha value is -1.46. The van der Waals surface area contributed by atoms with Gasteiger partial charge in [-0.1, -0.05) is 16.8 Å². The molecule has 0 bridgehead atoms. The first-order chi connectivity index (χ1) is 7.58. The third-order valence-electron chi connectivity index (χ3n) is 2.10. The van der Waals surface area contributed by atoms with Crippen molar-refractivity contribution in [2.45, 2.75) is 13.0 Å². The molecular weight excluding hydrogens is 233 g/mol. The lowest BCUT2D eigenvalue weighted by Gasteiger charge is -2.01. The summed E-state index contributed by atoms with van der Waals surface area (Å²) in [6.45, 7) is 1.56. The van der Waals surface area contributed by atoms with Crippen LogP contribution in [0.4, 0.5) is 4.39 Å². The van der Waals surface area contributed by atoms with Crippen molar-refractivity contribution in [1.82, 2.24) is 15.0 Å². The predicted molar refractivity (Wildman–Crippen MR) is 57.0 cm³/mol. The number of aliphatic hydroxyl groups is 1. The Labute approximate surface area is 96.3 Å². The highest BCUT2D eigenvalue weighted by molar-refractivity contribution is 6.30. The zero-order chi connectivity index (χ0) is 11.7. The van der Waals surface area contributed by atoms with E-state index in [1.165, 1.54) is 23.0 Å². The van der Waals surface area contributed by atoms with Gasteiger partial charge in [0.15, 0.2) is 0 Å². The van der Waals surface area contributed by atoms with Crippen LogP contribution >= 0.6 is 11.6 Å². The molecular formula is C10H9ClFN3O. The summed E-state index contributed by atoms with van der Waals surface area (Å²) in [4.78, 5) is 0. The maximum Gasteiger partial charge on any atom is 0.150 e. The van der Waals surface area contributed by atoms with Crippen molar-refractivity contribution < 1.29 is 9.50 Å². The zero-order valence-electron chi connectivity index (χ0n) is 8.43. The Kier molecular flexibility index (Phi) is 2.89. The SMILES string of the molecule is CC(O)c1cn(-c2ccc(Cl)cc2F)nn1. The van der Waals surface area contributed by atoms with Crippen molar-refractivity contribution in [3.05, 3.63) is 40.9 Å². The minimum Gasteiger partial charge on any atom is -0.387 e. The topological polar surface area (TPSA) is 50.9 Å². The van der Waals surface area contributed by atoms with Gasteiger partial charge >= 0.3 is 0 Å². The van der Waals surface area contributed by atoms with E-state index < -0.39 is 11.9 Å². The van der Waals surface area contributed by atoms with Crippen molar-refractivity contribution in [2.75, 3.05) is 0 Å². The molecule has 0 aliphatic carbocycles. The normalized spacial score (nSPS) is 12.8. The van der Waals surface area contributed by atoms with Gasteiger partial charge in [-0.05, 0) is 25.1 Å². The summed E-state index contributed by atoms with van der Waals surface area (Å²) in [5.41, 5.74) is 0.623. The molecule has 6 heteroatoms. The standard InChI is InChI=1S/C10H9ClFN3O/c1-6(16)9-5-15(14-13-9)10-3-2-7(11)4-8(10)12/h2-6,16H,1H3. The first-order valence-corrected chi connectivity index (χ1v) is 5.01. The van der Waals surface area contributed by atoms with E-state index in [1.54, 1.807) is 13.0 Å². The Balaban J connectivity index is 2.42. The summed E-state index contributed by atoms with van der Waals surface area (Å²) in [5.74, 6) is -0.491. The van der Waals surface area contributed by atoms with Crippen molar-refractivity contribution in [3.63, 3.8) is 0 Å². The summed E-state index contributed by atoms with van der Waals surface area (Å²) in [6, 6.07) is 4.25. The Bertz CT molecular complexity index is 513. The van der Waals surface area contributed by atoms with Crippen LogP contribution in [0.3, 0.4) is 0 Å². The maximum atomic E-state index is 13.5. The first-order valence-electron chi connectivity index (χ1n) is 4.63. The zero-order valence-corrected chi connectivity index (χ0v) is 9.19. The molecule has 4 nitrogen and oxygen atoms in total. The first kappa shape index (κ1) is 11.0. The van der Waals surface area contributed by atoms with Crippen molar-refractivity contribution in [3.8, 4) is 5.69 Å². The number of benzene rings is 1.